The Bertz CT molecular complexity index is 505. The second-order valence-electron chi connectivity index (χ2n) is 7.52. The minimum Gasteiger partial charge on any atom is -0.508 e. The van der Waals surface area contributed by atoms with E-state index in [0.717, 1.165) is 18.4 Å². The molecule has 0 radical (unpaired) electrons. The largest absolute Gasteiger partial charge is 0.508 e. The van der Waals surface area contributed by atoms with Crippen LogP contribution in [0.25, 0.3) is 0 Å². The molecule has 3 N–H and O–H groups in total. The number of nitrogens with one attached hydrogen (secondary N) is 1. The number of aryl methyl sites for hydroxylation is 1. The number of phenols is 1. The molecule has 1 aliphatic carbocycles. The zero-order chi connectivity index (χ0) is 15.8. The van der Waals surface area contributed by atoms with E-state index in [1.807, 2.05) is 6.07 Å². The Balaban J connectivity index is 2.31. The fourth-order valence-corrected chi connectivity index (χ4v) is 3.63. The van der Waals surface area contributed by atoms with Crippen LogP contribution in [-0.4, -0.2) is 22.9 Å². The number of aliphatic hydroxyl groups is 1. The number of fused-ring (bicyclic) bond motifs is 1. The lowest BCUT2D eigenvalue weighted by Gasteiger charge is -2.34. The molecule has 3 atom stereocenters. The molecule has 1 aromatic carbocycles. The first kappa shape index (κ1) is 16.3. The number of hydrogen-bond acceptors (Lipinski definition) is 3. The monoisotopic (exact) mass is 291 g/mol. The van der Waals surface area contributed by atoms with Crippen molar-refractivity contribution in [1.82, 2.24) is 5.32 Å². The van der Waals surface area contributed by atoms with Gasteiger partial charge in [0.25, 0.3) is 0 Å². The van der Waals surface area contributed by atoms with Gasteiger partial charge in [0, 0.05) is 24.3 Å². The van der Waals surface area contributed by atoms with E-state index < -0.39 is 0 Å². The fraction of sp³-hybridized carbons (Fsp3) is 0.667. The van der Waals surface area contributed by atoms with Crippen LogP contribution in [0, 0.1) is 12.3 Å². The second-order valence-corrected chi connectivity index (χ2v) is 7.52. The molecule has 0 fully saturated rings. The smallest absolute Gasteiger partial charge is 0.120 e. The highest BCUT2D eigenvalue weighted by Crippen LogP contribution is 2.46. The molecule has 1 aromatic rings. The van der Waals surface area contributed by atoms with Crippen LogP contribution in [-0.2, 0) is 0 Å². The molecule has 3 nitrogen and oxygen atoms in total. The normalized spacial score (nSPS) is 23.1. The predicted molar refractivity (Wildman–Crippen MR) is 86.7 cm³/mol. The van der Waals surface area contributed by atoms with Gasteiger partial charge in [-0.2, -0.15) is 0 Å². The zero-order valence-electron chi connectivity index (χ0n) is 13.9. The molecule has 0 amide bonds. The third kappa shape index (κ3) is 3.24. The maximum atomic E-state index is 10.3. The van der Waals surface area contributed by atoms with E-state index in [1.165, 1.54) is 11.1 Å². The predicted octanol–water partition coefficient (Wildman–Crippen LogP) is 3.64. The van der Waals surface area contributed by atoms with Gasteiger partial charge in [0.1, 0.15) is 5.75 Å². The van der Waals surface area contributed by atoms with Crippen LogP contribution in [0.1, 0.15) is 69.2 Å². The highest BCUT2D eigenvalue weighted by Gasteiger charge is 2.35. The lowest BCUT2D eigenvalue weighted by Crippen LogP contribution is -2.42. The Hall–Kier alpha value is -1.06. The average Bonchev–Trinajstić information content (AvgIpc) is 2.70. The van der Waals surface area contributed by atoms with Gasteiger partial charge in [-0.3, -0.25) is 0 Å². The van der Waals surface area contributed by atoms with Crippen molar-refractivity contribution in [3.8, 4) is 5.75 Å². The molecule has 0 bridgehead atoms. The summed E-state index contributed by atoms with van der Waals surface area (Å²) in [6.07, 6.45) is 1.74. The van der Waals surface area contributed by atoms with Crippen LogP contribution in [0.3, 0.4) is 0 Å². The van der Waals surface area contributed by atoms with Crippen LogP contribution in [0.2, 0.25) is 0 Å². The topological polar surface area (TPSA) is 52.5 Å². The molecule has 2 rings (SSSR count). The van der Waals surface area contributed by atoms with Crippen LogP contribution in [0.5, 0.6) is 5.75 Å². The highest BCUT2D eigenvalue weighted by molar-refractivity contribution is 5.51. The summed E-state index contributed by atoms with van der Waals surface area (Å²) in [4.78, 5) is 0. The van der Waals surface area contributed by atoms with Gasteiger partial charge in [0.15, 0.2) is 0 Å². The Morgan fingerprint density at radius 2 is 1.95 bits per heavy atom. The Labute approximate surface area is 128 Å². The van der Waals surface area contributed by atoms with E-state index >= 15 is 0 Å². The summed E-state index contributed by atoms with van der Waals surface area (Å²) in [5.74, 6) is 0.855. The summed E-state index contributed by atoms with van der Waals surface area (Å²) in [5.41, 5.74) is 3.70. The van der Waals surface area contributed by atoms with Crippen molar-refractivity contribution in [1.29, 1.82) is 0 Å². The number of hydrogen-bond donors (Lipinski definition) is 3. The summed E-state index contributed by atoms with van der Waals surface area (Å²) in [5, 5.41) is 23.3. The lowest BCUT2D eigenvalue weighted by molar-refractivity contribution is 0.184. The molecule has 0 saturated carbocycles. The van der Waals surface area contributed by atoms with E-state index in [4.69, 9.17) is 0 Å². The number of phenolic OH excluding ortho intramolecular Hbond substituents is 1. The van der Waals surface area contributed by atoms with Gasteiger partial charge in [0.05, 0.1) is 0 Å². The molecule has 3 unspecified atom stereocenters. The second kappa shape index (κ2) is 5.98. The lowest BCUT2D eigenvalue weighted by atomic mass is 9.84. The van der Waals surface area contributed by atoms with E-state index in [-0.39, 0.29) is 24.1 Å². The van der Waals surface area contributed by atoms with Crippen LogP contribution in [0.4, 0.5) is 0 Å². The van der Waals surface area contributed by atoms with Gasteiger partial charge >= 0.3 is 0 Å². The van der Waals surface area contributed by atoms with Gasteiger partial charge < -0.3 is 15.5 Å². The van der Waals surface area contributed by atoms with Crippen LogP contribution in [0.15, 0.2) is 12.1 Å². The Kier molecular flexibility index (Phi) is 4.64. The van der Waals surface area contributed by atoms with Crippen LogP contribution >= 0.6 is 0 Å². The Morgan fingerprint density at radius 1 is 1.29 bits per heavy atom. The van der Waals surface area contributed by atoms with E-state index in [2.05, 4.69) is 39.9 Å². The maximum Gasteiger partial charge on any atom is 0.120 e. The molecule has 0 saturated heterocycles. The first-order valence-electron chi connectivity index (χ1n) is 7.95. The third-order valence-corrected chi connectivity index (χ3v) is 4.78. The Morgan fingerprint density at radius 3 is 2.52 bits per heavy atom. The van der Waals surface area contributed by atoms with Crippen molar-refractivity contribution in [2.45, 2.75) is 65.5 Å². The van der Waals surface area contributed by atoms with Gasteiger partial charge in [-0.15, -0.1) is 0 Å². The summed E-state index contributed by atoms with van der Waals surface area (Å²) in [6.45, 7) is 11.1. The van der Waals surface area contributed by atoms with Crippen molar-refractivity contribution in [2.24, 2.45) is 5.41 Å². The molecule has 118 valence electrons. The quantitative estimate of drug-likeness (QED) is 0.794. The molecule has 0 spiro atoms. The van der Waals surface area contributed by atoms with E-state index in [1.54, 1.807) is 6.07 Å². The third-order valence-electron chi connectivity index (χ3n) is 4.78. The number of aliphatic hydroxyl groups excluding tert-OH is 1. The van der Waals surface area contributed by atoms with Crippen LogP contribution < -0.4 is 5.32 Å². The highest BCUT2D eigenvalue weighted by atomic mass is 16.3. The molecule has 21 heavy (non-hydrogen) atoms. The van der Waals surface area contributed by atoms with Crippen molar-refractivity contribution in [3.63, 3.8) is 0 Å². The minimum absolute atomic E-state index is 0.0775. The molecule has 3 heteroatoms. The van der Waals surface area contributed by atoms with Crippen molar-refractivity contribution < 1.29 is 10.2 Å². The van der Waals surface area contributed by atoms with Gasteiger partial charge in [0.2, 0.25) is 0 Å². The number of aromatic hydroxyl groups is 1. The molecule has 1 aliphatic rings. The number of benzene rings is 1. The summed E-state index contributed by atoms with van der Waals surface area (Å²) >= 11 is 0. The average molecular weight is 291 g/mol. The van der Waals surface area contributed by atoms with Gasteiger partial charge in [-0.1, -0.05) is 33.8 Å². The molecule has 0 aromatic heterocycles. The standard InChI is InChI=1S/C18H29NO2/c1-11-6-7-14(21)17-13(10-12(2)16(11)17)19-15(8-9-20)18(3,4)5/h6-7,12-13,15,19-21H,8-10H2,1-5H3. The van der Waals surface area contributed by atoms with Crippen molar-refractivity contribution >= 4 is 0 Å². The van der Waals surface area contributed by atoms with Gasteiger partial charge in [-0.05, 0) is 48.3 Å². The van der Waals surface area contributed by atoms with Crippen molar-refractivity contribution in [3.05, 3.63) is 28.8 Å². The summed E-state index contributed by atoms with van der Waals surface area (Å²) < 4.78 is 0. The zero-order valence-corrected chi connectivity index (χ0v) is 13.9. The first-order chi connectivity index (χ1) is 9.75. The molecular weight excluding hydrogens is 262 g/mol. The van der Waals surface area contributed by atoms with E-state index in [0.29, 0.717) is 11.7 Å². The van der Waals surface area contributed by atoms with Gasteiger partial charge in [-0.25, -0.2) is 0 Å². The van der Waals surface area contributed by atoms with E-state index in [9.17, 15) is 10.2 Å². The molecular formula is C18H29NO2. The molecule has 0 heterocycles. The maximum absolute atomic E-state index is 10.3. The summed E-state index contributed by atoms with van der Waals surface area (Å²) in [7, 11) is 0. The SMILES string of the molecule is Cc1ccc(O)c2c1C(C)CC2NC(CCO)C(C)(C)C. The first-order valence-corrected chi connectivity index (χ1v) is 7.95. The summed E-state index contributed by atoms with van der Waals surface area (Å²) in [6, 6.07) is 4.21. The fourth-order valence-electron chi connectivity index (χ4n) is 3.63. The number of rotatable bonds is 4. The molecule has 0 aliphatic heterocycles. The minimum atomic E-state index is 0.0775. The van der Waals surface area contributed by atoms with Crippen molar-refractivity contribution in [2.75, 3.05) is 6.61 Å².